The van der Waals surface area contributed by atoms with E-state index in [9.17, 15) is 4.79 Å². The van der Waals surface area contributed by atoms with Gasteiger partial charge in [-0.15, -0.1) is 0 Å². The lowest BCUT2D eigenvalue weighted by Gasteiger charge is -2.32. The average Bonchev–Trinajstić information content (AvgIpc) is 3.27. The summed E-state index contributed by atoms with van der Waals surface area (Å²) in [5.41, 5.74) is 2.82. The van der Waals surface area contributed by atoms with Crippen molar-refractivity contribution in [3.05, 3.63) is 48.2 Å². The Morgan fingerprint density at radius 2 is 1.93 bits per heavy atom. The van der Waals surface area contributed by atoms with Crippen LogP contribution >= 0.6 is 0 Å². The molecule has 2 fully saturated rings. The normalized spacial score (nSPS) is 19.9. The second kappa shape index (κ2) is 9.27. The molecule has 4 rings (SSSR count). The number of amides is 1. The number of carbonyl (C=O) groups excluding carboxylic acids is 1. The van der Waals surface area contributed by atoms with E-state index in [0.29, 0.717) is 12.1 Å². The molecule has 0 saturated carbocycles. The van der Waals surface area contributed by atoms with Crippen molar-refractivity contribution in [3.63, 3.8) is 0 Å². The highest BCUT2D eigenvalue weighted by Crippen LogP contribution is 2.25. The van der Waals surface area contributed by atoms with Gasteiger partial charge in [-0.1, -0.05) is 6.92 Å². The van der Waals surface area contributed by atoms with Gasteiger partial charge in [0.1, 0.15) is 5.82 Å². The van der Waals surface area contributed by atoms with Gasteiger partial charge in [0.05, 0.1) is 11.7 Å². The molecule has 2 N–H and O–H groups in total. The molecule has 6 heteroatoms. The third-order valence-electron chi connectivity index (χ3n) is 5.83. The number of hydrogen-bond donors (Lipinski definition) is 2. The molecule has 2 aliphatic heterocycles. The minimum atomic E-state index is -0.111. The molecule has 2 aliphatic rings. The van der Waals surface area contributed by atoms with Gasteiger partial charge >= 0.3 is 0 Å². The van der Waals surface area contributed by atoms with Gasteiger partial charge in [-0.25, -0.2) is 4.98 Å². The monoisotopic (exact) mass is 394 g/mol. The molecule has 29 heavy (non-hydrogen) atoms. The number of anilines is 3. The van der Waals surface area contributed by atoms with Crippen LogP contribution in [-0.4, -0.2) is 43.2 Å². The van der Waals surface area contributed by atoms with Crippen LogP contribution in [-0.2, 0) is 4.74 Å². The second-order valence-electron chi connectivity index (χ2n) is 8.12. The summed E-state index contributed by atoms with van der Waals surface area (Å²) in [4.78, 5) is 19.1. The topological polar surface area (TPSA) is 66.5 Å². The zero-order valence-corrected chi connectivity index (χ0v) is 17.1. The Hall–Kier alpha value is -2.60. The molecule has 0 spiro atoms. The maximum absolute atomic E-state index is 12.2. The number of rotatable bonds is 6. The Morgan fingerprint density at radius 3 is 2.59 bits per heavy atom. The quantitative estimate of drug-likeness (QED) is 0.776. The zero-order valence-electron chi connectivity index (χ0n) is 17.1. The molecule has 1 atom stereocenters. The summed E-state index contributed by atoms with van der Waals surface area (Å²) >= 11 is 0. The van der Waals surface area contributed by atoms with Crippen LogP contribution in [0.25, 0.3) is 0 Å². The highest BCUT2D eigenvalue weighted by Gasteiger charge is 2.17. The molecule has 0 bridgehead atoms. The summed E-state index contributed by atoms with van der Waals surface area (Å²) in [6.45, 7) is 5.94. The van der Waals surface area contributed by atoms with E-state index in [-0.39, 0.29) is 12.0 Å². The minimum absolute atomic E-state index is 0.111. The fourth-order valence-corrected chi connectivity index (χ4v) is 3.89. The van der Waals surface area contributed by atoms with E-state index in [4.69, 9.17) is 4.74 Å². The molecular weight excluding hydrogens is 364 g/mol. The average molecular weight is 395 g/mol. The molecule has 1 aromatic heterocycles. The standard InChI is InChI=1S/C23H30N4O2/c1-17-10-12-27(13-11-17)20-7-5-19(6-8-20)26-22-9-4-18(15-24-22)23(28)25-16-21-3-2-14-29-21/h4-9,15,17,21H,2-3,10-14,16H2,1H3,(H,24,26)(H,25,28). The van der Waals surface area contributed by atoms with Crippen molar-refractivity contribution in [1.29, 1.82) is 0 Å². The van der Waals surface area contributed by atoms with Gasteiger partial charge in [-0.05, 0) is 68.0 Å². The largest absolute Gasteiger partial charge is 0.376 e. The summed E-state index contributed by atoms with van der Waals surface area (Å²) in [5, 5.41) is 6.22. The smallest absolute Gasteiger partial charge is 0.252 e. The van der Waals surface area contributed by atoms with Gasteiger partial charge in [0.15, 0.2) is 0 Å². The molecule has 1 aromatic carbocycles. The van der Waals surface area contributed by atoms with Crippen molar-refractivity contribution < 1.29 is 9.53 Å². The first kappa shape index (κ1) is 19.7. The summed E-state index contributed by atoms with van der Waals surface area (Å²) in [6, 6.07) is 12.1. The van der Waals surface area contributed by atoms with Crippen LogP contribution in [0, 0.1) is 5.92 Å². The SMILES string of the molecule is CC1CCN(c2ccc(Nc3ccc(C(=O)NCC4CCCO4)cn3)cc2)CC1. The molecule has 6 nitrogen and oxygen atoms in total. The van der Waals surface area contributed by atoms with Crippen LogP contribution in [0.1, 0.15) is 43.0 Å². The van der Waals surface area contributed by atoms with Crippen LogP contribution in [0.3, 0.4) is 0 Å². The number of carbonyl (C=O) groups is 1. The molecule has 0 radical (unpaired) electrons. The number of benzene rings is 1. The Balaban J connectivity index is 1.29. The van der Waals surface area contributed by atoms with Crippen molar-refractivity contribution in [2.45, 2.75) is 38.7 Å². The summed E-state index contributed by atoms with van der Waals surface area (Å²) in [7, 11) is 0. The van der Waals surface area contributed by atoms with Gasteiger partial charge in [0.25, 0.3) is 5.91 Å². The first-order valence-electron chi connectivity index (χ1n) is 10.7. The fraction of sp³-hybridized carbons (Fsp3) is 0.478. The number of ether oxygens (including phenoxy) is 1. The molecule has 3 heterocycles. The van der Waals surface area contributed by atoms with Gasteiger partial charge in [-0.3, -0.25) is 4.79 Å². The highest BCUT2D eigenvalue weighted by molar-refractivity contribution is 5.94. The molecule has 154 valence electrons. The van der Waals surface area contributed by atoms with Crippen molar-refractivity contribution in [2.75, 3.05) is 36.5 Å². The summed E-state index contributed by atoms with van der Waals surface area (Å²) in [5.74, 6) is 1.44. The number of hydrogen-bond acceptors (Lipinski definition) is 5. The lowest BCUT2D eigenvalue weighted by Crippen LogP contribution is -2.32. The second-order valence-corrected chi connectivity index (χ2v) is 8.12. The van der Waals surface area contributed by atoms with Crippen molar-refractivity contribution in [1.82, 2.24) is 10.3 Å². The maximum atomic E-state index is 12.2. The lowest BCUT2D eigenvalue weighted by molar-refractivity contribution is 0.0857. The maximum Gasteiger partial charge on any atom is 0.252 e. The van der Waals surface area contributed by atoms with Crippen LogP contribution in [0.4, 0.5) is 17.2 Å². The van der Waals surface area contributed by atoms with Crippen molar-refractivity contribution >= 4 is 23.1 Å². The highest BCUT2D eigenvalue weighted by atomic mass is 16.5. The summed E-state index contributed by atoms with van der Waals surface area (Å²) in [6.07, 6.45) is 6.35. The third kappa shape index (κ3) is 5.26. The molecule has 2 aromatic rings. The van der Waals surface area contributed by atoms with Crippen LogP contribution in [0.2, 0.25) is 0 Å². The Kier molecular flexibility index (Phi) is 6.30. The minimum Gasteiger partial charge on any atom is -0.376 e. The van der Waals surface area contributed by atoms with Gasteiger partial charge in [-0.2, -0.15) is 0 Å². The number of piperidine rings is 1. The zero-order chi connectivity index (χ0) is 20.1. The van der Waals surface area contributed by atoms with E-state index in [1.54, 1.807) is 12.3 Å². The number of nitrogens with zero attached hydrogens (tertiary/aromatic N) is 2. The first-order chi connectivity index (χ1) is 14.2. The molecule has 1 amide bonds. The lowest BCUT2D eigenvalue weighted by atomic mass is 9.99. The molecule has 2 saturated heterocycles. The summed E-state index contributed by atoms with van der Waals surface area (Å²) < 4.78 is 5.53. The van der Waals surface area contributed by atoms with E-state index in [1.165, 1.54) is 18.5 Å². The van der Waals surface area contributed by atoms with E-state index in [2.05, 4.69) is 51.7 Å². The van der Waals surface area contributed by atoms with E-state index in [1.807, 2.05) is 6.07 Å². The fourth-order valence-electron chi connectivity index (χ4n) is 3.89. The van der Waals surface area contributed by atoms with Crippen LogP contribution < -0.4 is 15.5 Å². The van der Waals surface area contributed by atoms with Crippen LogP contribution in [0.5, 0.6) is 0 Å². The predicted molar refractivity (Wildman–Crippen MR) is 116 cm³/mol. The van der Waals surface area contributed by atoms with E-state index >= 15 is 0 Å². The number of aromatic nitrogens is 1. The Morgan fingerprint density at radius 1 is 1.14 bits per heavy atom. The van der Waals surface area contributed by atoms with Gasteiger partial charge in [0.2, 0.25) is 0 Å². The molecule has 0 aliphatic carbocycles. The Bertz CT molecular complexity index is 793. The van der Waals surface area contributed by atoms with Crippen LogP contribution in [0.15, 0.2) is 42.6 Å². The number of nitrogens with one attached hydrogen (secondary N) is 2. The van der Waals surface area contributed by atoms with Crippen molar-refractivity contribution in [2.24, 2.45) is 5.92 Å². The van der Waals surface area contributed by atoms with E-state index in [0.717, 1.165) is 50.0 Å². The van der Waals surface area contributed by atoms with E-state index < -0.39 is 0 Å². The van der Waals surface area contributed by atoms with Gasteiger partial charge < -0.3 is 20.3 Å². The predicted octanol–water partition coefficient (Wildman–Crippen LogP) is 3.97. The van der Waals surface area contributed by atoms with Gasteiger partial charge in [0, 0.05) is 43.8 Å². The first-order valence-corrected chi connectivity index (χ1v) is 10.7. The third-order valence-corrected chi connectivity index (χ3v) is 5.83. The molecule has 1 unspecified atom stereocenters. The Labute approximate surface area is 172 Å². The molecular formula is C23H30N4O2. The van der Waals surface area contributed by atoms with Crippen molar-refractivity contribution in [3.8, 4) is 0 Å². The number of pyridine rings is 1.